The van der Waals surface area contributed by atoms with Crippen molar-refractivity contribution in [1.29, 1.82) is 0 Å². The monoisotopic (exact) mass is 294 g/mol. The summed E-state index contributed by atoms with van der Waals surface area (Å²) < 4.78 is 2.13. The fourth-order valence-electron chi connectivity index (χ4n) is 3.86. The van der Waals surface area contributed by atoms with Gasteiger partial charge in [0.05, 0.1) is 0 Å². The number of aromatic nitrogens is 2. The van der Waals surface area contributed by atoms with Crippen molar-refractivity contribution in [3.8, 4) is 0 Å². The van der Waals surface area contributed by atoms with Gasteiger partial charge in [0.2, 0.25) is 0 Å². The summed E-state index contributed by atoms with van der Waals surface area (Å²) in [6, 6.07) is 0.490. The smallest absolute Gasteiger partial charge is 0.108 e. The number of nitrogens with one attached hydrogen (secondary N) is 1. The fraction of sp³-hybridized carbons (Fsp3) is 0.824. The molecule has 1 rings (SSSR count). The molecule has 21 heavy (non-hydrogen) atoms. The molecule has 0 spiro atoms. The van der Waals surface area contributed by atoms with E-state index in [9.17, 15) is 0 Å². The second-order valence-electron chi connectivity index (χ2n) is 5.82. The first kappa shape index (κ1) is 18.2. The normalized spacial score (nSPS) is 13.9. The Bertz CT molecular complexity index is 391. The summed E-state index contributed by atoms with van der Waals surface area (Å²) in [6.45, 7) is 11.4. The van der Waals surface area contributed by atoms with E-state index in [0.717, 1.165) is 25.9 Å². The van der Waals surface area contributed by atoms with E-state index in [1.54, 1.807) is 0 Å². The highest BCUT2D eigenvalue weighted by atomic mass is 15.2. The van der Waals surface area contributed by atoms with Crippen molar-refractivity contribution in [2.45, 2.75) is 65.0 Å². The van der Waals surface area contributed by atoms with Gasteiger partial charge in [0.15, 0.2) is 0 Å². The molecule has 1 aromatic rings. The molecule has 1 aromatic heterocycles. The number of imidazole rings is 1. The van der Waals surface area contributed by atoms with E-state index in [2.05, 4.69) is 61.6 Å². The summed E-state index contributed by atoms with van der Waals surface area (Å²) in [6.07, 6.45) is 8.42. The van der Waals surface area contributed by atoms with Gasteiger partial charge in [-0.2, -0.15) is 0 Å². The van der Waals surface area contributed by atoms with E-state index in [0.29, 0.717) is 6.04 Å². The van der Waals surface area contributed by atoms with Crippen LogP contribution in [0.5, 0.6) is 0 Å². The summed E-state index contributed by atoms with van der Waals surface area (Å²) in [5.41, 5.74) is 0.239. The van der Waals surface area contributed by atoms with E-state index < -0.39 is 0 Å². The number of nitrogens with zero attached hydrogens (tertiary/aromatic N) is 3. The minimum Gasteiger partial charge on any atom is -0.338 e. The second-order valence-corrected chi connectivity index (χ2v) is 5.82. The highest BCUT2D eigenvalue weighted by Gasteiger charge is 2.38. The van der Waals surface area contributed by atoms with Crippen LogP contribution in [0.2, 0.25) is 0 Å². The largest absolute Gasteiger partial charge is 0.338 e. The highest BCUT2D eigenvalue weighted by molar-refractivity contribution is 5.00. The minimum absolute atomic E-state index is 0.239. The average Bonchev–Trinajstić information content (AvgIpc) is 2.92. The highest BCUT2D eigenvalue weighted by Crippen LogP contribution is 2.30. The molecule has 4 nitrogen and oxygen atoms in total. The van der Waals surface area contributed by atoms with Gasteiger partial charge in [-0.05, 0) is 39.4 Å². The molecule has 0 saturated carbocycles. The first-order chi connectivity index (χ1) is 10.1. The quantitative estimate of drug-likeness (QED) is 0.720. The van der Waals surface area contributed by atoms with Crippen LogP contribution in [0.15, 0.2) is 12.4 Å². The number of rotatable bonds is 10. The lowest BCUT2D eigenvalue weighted by atomic mass is 9.80. The maximum atomic E-state index is 4.46. The van der Waals surface area contributed by atoms with Gasteiger partial charge >= 0.3 is 0 Å². The Kier molecular flexibility index (Phi) is 7.40. The standard InChI is InChI=1S/C17H34N4/c1-7-17(8-2,21(9-3)10-4)15(18-5)11-12-16-19-13-14-20(16)6/h13-15,18H,7-12H2,1-6H3. The first-order valence-corrected chi connectivity index (χ1v) is 8.47. The molecule has 1 unspecified atom stereocenters. The Morgan fingerprint density at radius 3 is 2.24 bits per heavy atom. The topological polar surface area (TPSA) is 33.1 Å². The third kappa shape index (κ3) is 3.86. The molecular formula is C17H34N4. The zero-order chi connectivity index (χ0) is 15.9. The van der Waals surface area contributed by atoms with E-state index in [-0.39, 0.29) is 5.54 Å². The van der Waals surface area contributed by atoms with Crippen molar-refractivity contribution in [3.05, 3.63) is 18.2 Å². The van der Waals surface area contributed by atoms with Gasteiger partial charge < -0.3 is 9.88 Å². The lowest BCUT2D eigenvalue weighted by molar-refractivity contribution is 0.0487. The molecule has 0 radical (unpaired) electrons. The van der Waals surface area contributed by atoms with Crippen molar-refractivity contribution < 1.29 is 0 Å². The van der Waals surface area contributed by atoms with Gasteiger partial charge in [-0.25, -0.2) is 4.98 Å². The molecule has 0 bridgehead atoms. The van der Waals surface area contributed by atoms with Crippen molar-refractivity contribution in [1.82, 2.24) is 19.8 Å². The minimum atomic E-state index is 0.239. The molecule has 1 N–H and O–H groups in total. The van der Waals surface area contributed by atoms with Gasteiger partial charge in [-0.15, -0.1) is 0 Å². The van der Waals surface area contributed by atoms with Crippen LogP contribution in [0.25, 0.3) is 0 Å². The zero-order valence-electron chi connectivity index (χ0n) is 14.8. The molecule has 0 aliphatic carbocycles. The molecule has 0 aliphatic rings. The van der Waals surface area contributed by atoms with Crippen LogP contribution in [-0.4, -0.2) is 46.2 Å². The molecule has 0 amide bonds. The van der Waals surface area contributed by atoms with Crippen molar-refractivity contribution in [2.75, 3.05) is 20.1 Å². The Labute approximate surface area is 130 Å². The van der Waals surface area contributed by atoms with Crippen LogP contribution >= 0.6 is 0 Å². The van der Waals surface area contributed by atoms with E-state index in [1.807, 2.05) is 12.4 Å². The third-order valence-electron chi connectivity index (χ3n) is 5.19. The number of hydrogen-bond acceptors (Lipinski definition) is 3. The molecular weight excluding hydrogens is 260 g/mol. The first-order valence-electron chi connectivity index (χ1n) is 8.47. The predicted molar refractivity (Wildman–Crippen MR) is 90.6 cm³/mol. The lowest BCUT2D eigenvalue weighted by Crippen LogP contribution is -2.60. The summed E-state index contributed by atoms with van der Waals surface area (Å²) >= 11 is 0. The van der Waals surface area contributed by atoms with Crippen LogP contribution in [-0.2, 0) is 13.5 Å². The SMILES string of the molecule is CCN(CC)C(CC)(CC)C(CCc1nccn1C)NC. The summed E-state index contributed by atoms with van der Waals surface area (Å²) in [5, 5.41) is 3.60. The van der Waals surface area contributed by atoms with Crippen molar-refractivity contribution >= 4 is 0 Å². The molecule has 0 aromatic carbocycles. The summed E-state index contributed by atoms with van der Waals surface area (Å²) in [7, 11) is 4.18. The maximum Gasteiger partial charge on any atom is 0.108 e. The number of likely N-dealkylation sites (N-methyl/N-ethyl adjacent to an activating group) is 2. The van der Waals surface area contributed by atoms with Crippen LogP contribution in [0, 0.1) is 0 Å². The van der Waals surface area contributed by atoms with Crippen LogP contribution in [0.1, 0.15) is 52.8 Å². The van der Waals surface area contributed by atoms with Crippen LogP contribution in [0.4, 0.5) is 0 Å². The van der Waals surface area contributed by atoms with Gasteiger partial charge in [0, 0.05) is 37.4 Å². The van der Waals surface area contributed by atoms with Crippen molar-refractivity contribution in [2.24, 2.45) is 7.05 Å². The van der Waals surface area contributed by atoms with E-state index in [4.69, 9.17) is 0 Å². The zero-order valence-corrected chi connectivity index (χ0v) is 14.8. The average molecular weight is 294 g/mol. The summed E-state index contributed by atoms with van der Waals surface area (Å²) in [4.78, 5) is 7.09. The lowest BCUT2D eigenvalue weighted by Gasteiger charge is -2.48. The van der Waals surface area contributed by atoms with E-state index >= 15 is 0 Å². The fourth-order valence-corrected chi connectivity index (χ4v) is 3.86. The van der Waals surface area contributed by atoms with Gasteiger partial charge in [-0.1, -0.05) is 27.7 Å². The Hall–Kier alpha value is -0.870. The molecule has 0 saturated heterocycles. The van der Waals surface area contributed by atoms with E-state index in [1.165, 1.54) is 18.7 Å². The van der Waals surface area contributed by atoms with Crippen LogP contribution < -0.4 is 5.32 Å². The molecule has 0 fully saturated rings. The second kappa shape index (κ2) is 8.54. The number of hydrogen-bond donors (Lipinski definition) is 1. The Balaban J connectivity index is 2.89. The Morgan fingerprint density at radius 1 is 1.24 bits per heavy atom. The van der Waals surface area contributed by atoms with Gasteiger partial charge in [0.1, 0.15) is 5.82 Å². The van der Waals surface area contributed by atoms with Gasteiger partial charge in [-0.3, -0.25) is 4.90 Å². The molecule has 4 heteroatoms. The third-order valence-corrected chi connectivity index (χ3v) is 5.19. The van der Waals surface area contributed by atoms with Gasteiger partial charge in [0.25, 0.3) is 0 Å². The maximum absolute atomic E-state index is 4.46. The molecule has 1 heterocycles. The Morgan fingerprint density at radius 2 is 1.86 bits per heavy atom. The predicted octanol–water partition coefficient (Wildman–Crippen LogP) is 2.84. The van der Waals surface area contributed by atoms with Crippen molar-refractivity contribution in [3.63, 3.8) is 0 Å². The van der Waals surface area contributed by atoms with Crippen LogP contribution in [0.3, 0.4) is 0 Å². The molecule has 122 valence electrons. The summed E-state index contributed by atoms with van der Waals surface area (Å²) in [5.74, 6) is 1.18. The molecule has 1 atom stereocenters. The number of aryl methyl sites for hydroxylation is 2. The molecule has 0 aliphatic heterocycles.